The van der Waals surface area contributed by atoms with Gasteiger partial charge in [0.05, 0.1) is 25.0 Å². The second kappa shape index (κ2) is 5.42. The van der Waals surface area contributed by atoms with Crippen LogP contribution < -0.4 is 0 Å². The molecule has 78 valence electrons. The first-order valence-electron chi connectivity index (χ1n) is 4.92. The highest BCUT2D eigenvalue weighted by Gasteiger charge is 2.04. The van der Waals surface area contributed by atoms with Crippen LogP contribution in [-0.4, -0.2) is 22.1 Å². The van der Waals surface area contributed by atoms with Crippen molar-refractivity contribution in [3.63, 3.8) is 0 Å². The van der Waals surface area contributed by atoms with Gasteiger partial charge in [-0.05, 0) is 13.8 Å². The van der Waals surface area contributed by atoms with Gasteiger partial charge in [0.2, 0.25) is 0 Å². The van der Waals surface area contributed by atoms with Gasteiger partial charge in [0.25, 0.3) is 0 Å². The Bertz CT molecular complexity index is 294. The molecule has 1 aromatic rings. The molecule has 0 unspecified atom stereocenters. The van der Waals surface area contributed by atoms with Crippen molar-refractivity contribution in [3.8, 4) is 0 Å². The predicted molar refractivity (Wildman–Crippen MR) is 52.9 cm³/mol. The smallest absolute Gasteiger partial charge is 0.306 e. The third-order valence-corrected chi connectivity index (χ3v) is 1.94. The first-order valence-corrected chi connectivity index (χ1v) is 4.92. The molecule has 0 saturated carbocycles. The van der Waals surface area contributed by atoms with Crippen molar-refractivity contribution in [1.29, 1.82) is 0 Å². The van der Waals surface area contributed by atoms with Crippen molar-refractivity contribution >= 4 is 5.97 Å². The quantitative estimate of drug-likeness (QED) is 0.668. The minimum Gasteiger partial charge on any atom is -0.466 e. The van der Waals surface area contributed by atoms with E-state index in [1.54, 1.807) is 6.33 Å². The summed E-state index contributed by atoms with van der Waals surface area (Å²) < 4.78 is 6.81. The maximum absolute atomic E-state index is 11.0. The fourth-order valence-corrected chi connectivity index (χ4v) is 1.17. The fraction of sp³-hybridized carbons (Fsp3) is 0.600. The minimum atomic E-state index is -0.154. The number of carbonyl (C=O) groups is 1. The Balaban J connectivity index is 2.34. The van der Waals surface area contributed by atoms with E-state index in [1.165, 1.54) is 0 Å². The average molecular weight is 196 g/mol. The van der Waals surface area contributed by atoms with Crippen molar-refractivity contribution in [3.05, 3.63) is 18.2 Å². The van der Waals surface area contributed by atoms with Crippen LogP contribution in [0, 0.1) is 0 Å². The molecule has 0 aliphatic heterocycles. The van der Waals surface area contributed by atoms with Crippen LogP contribution in [0.2, 0.25) is 0 Å². The molecule has 0 spiro atoms. The van der Waals surface area contributed by atoms with Gasteiger partial charge >= 0.3 is 5.97 Å². The predicted octanol–water partition coefficient (Wildman–Crippen LogP) is 1.40. The van der Waals surface area contributed by atoms with Gasteiger partial charge in [-0.25, -0.2) is 4.98 Å². The number of carbonyl (C=O) groups excluding carboxylic acids is 1. The summed E-state index contributed by atoms with van der Waals surface area (Å²) in [6.45, 7) is 5.22. The van der Waals surface area contributed by atoms with Gasteiger partial charge < -0.3 is 9.30 Å². The molecule has 0 atom stereocenters. The Labute approximate surface area is 83.9 Å². The molecule has 1 heterocycles. The lowest BCUT2D eigenvalue weighted by Gasteiger charge is -1.99. The third-order valence-electron chi connectivity index (χ3n) is 1.94. The van der Waals surface area contributed by atoms with Crippen LogP contribution in [0.3, 0.4) is 0 Å². The highest BCUT2D eigenvalue weighted by molar-refractivity contribution is 5.69. The molecule has 14 heavy (non-hydrogen) atoms. The first kappa shape index (κ1) is 10.8. The summed E-state index contributed by atoms with van der Waals surface area (Å²) in [6, 6.07) is 0. The molecule has 4 nitrogen and oxygen atoms in total. The summed E-state index contributed by atoms with van der Waals surface area (Å²) in [5.41, 5.74) is 0.944. The van der Waals surface area contributed by atoms with E-state index in [1.807, 2.05) is 17.7 Å². The van der Waals surface area contributed by atoms with E-state index in [2.05, 4.69) is 11.9 Å². The zero-order valence-electron chi connectivity index (χ0n) is 8.69. The molecule has 1 rings (SSSR count). The van der Waals surface area contributed by atoms with Crippen molar-refractivity contribution in [1.82, 2.24) is 9.55 Å². The van der Waals surface area contributed by atoms with Crippen molar-refractivity contribution in [2.45, 2.75) is 33.2 Å². The molecule has 1 aromatic heterocycles. The Morgan fingerprint density at radius 1 is 1.57 bits per heavy atom. The second-order valence-electron chi connectivity index (χ2n) is 3.00. The zero-order valence-corrected chi connectivity index (χ0v) is 8.69. The van der Waals surface area contributed by atoms with Crippen LogP contribution in [0.1, 0.15) is 26.0 Å². The van der Waals surface area contributed by atoms with E-state index in [9.17, 15) is 4.79 Å². The van der Waals surface area contributed by atoms with Crippen molar-refractivity contribution < 1.29 is 9.53 Å². The number of hydrogen-bond acceptors (Lipinski definition) is 3. The van der Waals surface area contributed by atoms with Gasteiger partial charge in [-0.2, -0.15) is 0 Å². The van der Waals surface area contributed by atoms with E-state index in [-0.39, 0.29) is 5.97 Å². The average Bonchev–Trinajstić information content (AvgIpc) is 2.63. The van der Waals surface area contributed by atoms with Gasteiger partial charge in [-0.3, -0.25) is 4.79 Å². The lowest BCUT2D eigenvalue weighted by atomic mass is 10.2. The standard InChI is InChI=1S/C10H16N2O2/c1-3-12-7-9(11-8-12)5-6-10(13)14-4-2/h7-8H,3-6H2,1-2H3. The van der Waals surface area contributed by atoms with E-state index >= 15 is 0 Å². The molecular weight excluding hydrogens is 180 g/mol. The molecular formula is C10H16N2O2. The van der Waals surface area contributed by atoms with Gasteiger partial charge in [-0.15, -0.1) is 0 Å². The second-order valence-corrected chi connectivity index (χ2v) is 3.00. The van der Waals surface area contributed by atoms with E-state index in [0.29, 0.717) is 19.4 Å². The van der Waals surface area contributed by atoms with Gasteiger partial charge in [0.1, 0.15) is 0 Å². The number of esters is 1. The number of rotatable bonds is 5. The zero-order chi connectivity index (χ0) is 10.4. The lowest BCUT2D eigenvalue weighted by Crippen LogP contribution is -2.05. The highest BCUT2D eigenvalue weighted by Crippen LogP contribution is 2.01. The highest BCUT2D eigenvalue weighted by atomic mass is 16.5. The van der Waals surface area contributed by atoms with Crippen molar-refractivity contribution in [2.24, 2.45) is 0 Å². The maximum atomic E-state index is 11.0. The molecule has 0 fully saturated rings. The largest absolute Gasteiger partial charge is 0.466 e. The third kappa shape index (κ3) is 3.20. The molecule has 0 aromatic carbocycles. The Kier molecular flexibility index (Phi) is 4.16. The SMILES string of the molecule is CCOC(=O)CCc1cn(CC)cn1. The summed E-state index contributed by atoms with van der Waals surface area (Å²) >= 11 is 0. The van der Waals surface area contributed by atoms with Gasteiger partial charge in [0, 0.05) is 19.2 Å². The van der Waals surface area contributed by atoms with Crippen LogP contribution in [-0.2, 0) is 22.5 Å². The summed E-state index contributed by atoms with van der Waals surface area (Å²) in [7, 11) is 0. The lowest BCUT2D eigenvalue weighted by molar-refractivity contribution is -0.143. The van der Waals surface area contributed by atoms with E-state index in [4.69, 9.17) is 4.74 Å². The number of imidazole rings is 1. The maximum Gasteiger partial charge on any atom is 0.306 e. The van der Waals surface area contributed by atoms with Crippen LogP contribution in [0.15, 0.2) is 12.5 Å². The molecule has 0 amide bonds. The Morgan fingerprint density at radius 3 is 2.93 bits per heavy atom. The molecule has 0 radical (unpaired) electrons. The molecule has 0 bridgehead atoms. The first-order chi connectivity index (χ1) is 6.76. The monoisotopic (exact) mass is 196 g/mol. The van der Waals surface area contributed by atoms with E-state index in [0.717, 1.165) is 12.2 Å². The molecule has 0 saturated heterocycles. The van der Waals surface area contributed by atoms with Crippen LogP contribution >= 0.6 is 0 Å². The molecule has 4 heteroatoms. The number of nitrogens with zero attached hydrogens (tertiary/aromatic N) is 2. The van der Waals surface area contributed by atoms with Crippen LogP contribution in [0.25, 0.3) is 0 Å². The van der Waals surface area contributed by atoms with Gasteiger partial charge in [0.15, 0.2) is 0 Å². The normalized spacial score (nSPS) is 10.1. The Hall–Kier alpha value is -1.32. The van der Waals surface area contributed by atoms with Crippen LogP contribution in [0.5, 0.6) is 0 Å². The Morgan fingerprint density at radius 2 is 2.36 bits per heavy atom. The molecule has 0 N–H and O–H groups in total. The van der Waals surface area contributed by atoms with Crippen LogP contribution in [0.4, 0.5) is 0 Å². The van der Waals surface area contributed by atoms with Crippen molar-refractivity contribution in [2.75, 3.05) is 6.61 Å². The molecule has 0 aliphatic rings. The number of aromatic nitrogens is 2. The summed E-state index contributed by atoms with van der Waals surface area (Å²) in [5.74, 6) is -0.154. The molecule has 0 aliphatic carbocycles. The van der Waals surface area contributed by atoms with E-state index < -0.39 is 0 Å². The van der Waals surface area contributed by atoms with Gasteiger partial charge in [-0.1, -0.05) is 0 Å². The minimum absolute atomic E-state index is 0.154. The number of aryl methyl sites for hydroxylation is 2. The topological polar surface area (TPSA) is 44.1 Å². The summed E-state index contributed by atoms with van der Waals surface area (Å²) in [4.78, 5) is 15.2. The number of ether oxygens (including phenoxy) is 1. The summed E-state index contributed by atoms with van der Waals surface area (Å²) in [6.07, 6.45) is 4.81. The summed E-state index contributed by atoms with van der Waals surface area (Å²) in [5, 5.41) is 0. The number of hydrogen-bond donors (Lipinski definition) is 0. The fourth-order valence-electron chi connectivity index (χ4n) is 1.17.